The van der Waals surface area contributed by atoms with E-state index in [-0.39, 0.29) is 0 Å². The summed E-state index contributed by atoms with van der Waals surface area (Å²) in [5.74, 6) is 1.16. The molecular formula is C14H30N4O2. The number of morpholine rings is 1. The van der Waals surface area contributed by atoms with Crippen molar-refractivity contribution in [1.29, 1.82) is 0 Å². The van der Waals surface area contributed by atoms with Gasteiger partial charge in [-0.2, -0.15) is 0 Å². The van der Waals surface area contributed by atoms with Crippen LogP contribution in [0.25, 0.3) is 0 Å². The molecule has 1 unspecified atom stereocenters. The minimum atomic E-state index is 0.446. The zero-order valence-electron chi connectivity index (χ0n) is 13.1. The van der Waals surface area contributed by atoms with E-state index >= 15 is 0 Å². The minimum absolute atomic E-state index is 0.446. The van der Waals surface area contributed by atoms with Crippen LogP contribution >= 0.6 is 0 Å². The van der Waals surface area contributed by atoms with E-state index in [1.807, 2.05) is 0 Å². The summed E-state index contributed by atoms with van der Waals surface area (Å²) in [4.78, 5) is 6.94. The van der Waals surface area contributed by atoms with Crippen molar-refractivity contribution in [2.24, 2.45) is 16.6 Å². The van der Waals surface area contributed by atoms with Gasteiger partial charge in [-0.25, -0.2) is 0 Å². The third-order valence-electron chi connectivity index (χ3n) is 3.39. The number of methoxy groups -OCH3 is 1. The first-order valence-corrected chi connectivity index (χ1v) is 7.48. The van der Waals surface area contributed by atoms with Gasteiger partial charge in [0.2, 0.25) is 0 Å². The molecule has 1 atom stereocenters. The molecule has 3 N–H and O–H groups in total. The van der Waals surface area contributed by atoms with Crippen LogP contribution in [-0.4, -0.2) is 70.0 Å². The van der Waals surface area contributed by atoms with Crippen LogP contribution in [0.4, 0.5) is 0 Å². The lowest BCUT2D eigenvalue weighted by Crippen LogP contribution is -2.46. The Hall–Kier alpha value is -0.850. The number of nitrogens with two attached hydrogens (primary N) is 1. The van der Waals surface area contributed by atoms with E-state index in [9.17, 15) is 0 Å². The van der Waals surface area contributed by atoms with E-state index in [0.717, 1.165) is 39.3 Å². The van der Waals surface area contributed by atoms with Gasteiger partial charge >= 0.3 is 0 Å². The molecule has 1 saturated heterocycles. The monoisotopic (exact) mass is 286 g/mol. The summed E-state index contributed by atoms with van der Waals surface area (Å²) in [6.07, 6.45) is 1.13. The summed E-state index contributed by atoms with van der Waals surface area (Å²) in [6.45, 7) is 10.2. The lowest BCUT2D eigenvalue weighted by Gasteiger charge is -2.34. The average molecular weight is 286 g/mol. The highest BCUT2D eigenvalue weighted by molar-refractivity contribution is 5.77. The number of hydrogen-bond acceptors (Lipinski definition) is 4. The molecule has 0 amide bonds. The molecule has 0 aromatic heterocycles. The zero-order valence-corrected chi connectivity index (χ0v) is 13.1. The third kappa shape index (κ3) is 7.07. The quantitative estimate of drug-likeness (QED) is 0.381. The molecule has 6 heteroatoms. The molecule has 0 aromatic carbocycles. The van der Waals surface area contributed by atoms with Crippen LogP contribution in [0.3, 0.4) is 0 Å². The van der Waals surface area contributed by atoms with Crippen molar-refractivity contribution >= 4 is 5.96 Å². The van der Waals surface area contributed by atoms with Crippen LogP contribution in [0.2, 0.25) is 0 Å². The van der Waals surface area contributed by atoms with Gasteiger partial charge in [-0.15, -0.1) is 0 Å². The minimum Gasteiger partial charge on any atom is -0.383 e. The fourth-order valence-corrected chi connectivity index (χ4v) is 2.37. The molecule has 0 spiro atoms. The summed E-state index contributed by atoms with van der Waals surface area (Å²) in [6, 6.07) is 0.446. The topological polar surface area (TPSA) is 72.1 Å². The van der Waals surface area contributed by atoms with E-state index in [2.05, 4.69) is 29.1 Å². The van der Waals surface area contributed by atoms with Gasteiger partial charge in [-0.1, -0.05) is 13.8 Å². The predicted octanol–water partition coefficient (Wildman–Crippen LogP) is 0.284. The Labute approximate surface area is 122 Å². The van der Waals surface area contributed by atoms with Crippen LogP contribution in [0.15, 0.2) is 4.99 Å². The second kappa shape index (κ2) is 9.96. The number of hydrogen-bond donors (Lipinski definition) is 2. The molecular weight excluding hydrogens is 256 g/mol. The summed E-state index contributed by atoms with van der Waals surface area (Å²) in [7, 11) is 1.67. The number of guanidine groups is 1. The predicted molar refractivity (Wildman–Crippen MR) is 82.0 cm³/mol. The molecule has 20 heavy (non-hydrogen) atoms. The van der Waals surface area contributed by atoms with Gasteiger partial charge in [-0.3, -0.25) is 9.89 Å². The molecule has 118 valence electrons. The van der Waals surface area contributed by atoms with Gasteiger partial charge in [0.1, 0.15) is 0 Å². The average Bonchev–Trinajstić information content (AvgIpc) is 2.44. The van der Waals surface area contributed by atoms with E-state index < -0.39 is 0 Å². The number of nitrogens with zero attached hydrogens (tertiary/aromatic N) is 2. The van der Waals surface area contributed by atoms with Gasteiger partial charge in [0.05, 0.1) is 26.4 Å². The third-order valence-corrected chi connectivity index (χ3v) is 3.39. The maximum atomic E-state index is 5.86. The molecule has 1 rings (SSSR count). The van der Waals surface area contributed by atoms with E-state index in [1.54, 1.807) is 7.11 Å². The van der Waals surface area contributed by atoms with Crippen molar-refractivity contribution in [3.05, 3.63) is 0 Å². The first-order valence-electron chi connectivity index (χ1n) is 7.48. The summed E-state index contributed by atoms with van der Waals surface area (Å²) >= 11 is 0. The Kier molecular flexibility index (Phi) is 8.57. The highest BCUT2D eigenvalue weighted by Gasteiger charge is 2.21. The van der Waals surface area contributed by atoms with Gasteiger partial charge in [0, 0.05) is 32.8 Å². The van der Waals surface area contributed by atoms with Crippen LogP contribution in [0.5, 0.6) is 0 Å². The van der Waals surface area contributed by atoms with Gasteiger partial charge < -0.3 is 20.5 Å². The molecule has 1 heterocycles. The molecule has 0 aliphatic carbocycles. The van der Waals surface area contributed by atoms with E-state index in [0.29, 0.717) is 31.1 Å². The van der Waals surface area contributed by atoms with Crippen LogP contribution in [-0.2, 0) is 9.47 Å². The number of rotatable bonds is 8. The van der Waals surface area contributed by atoms with Crippen LogP contribution in [0.1, 0.15) is 20.3 Å². The smallest absolute Gasteiger partial charge is 0.188 e. The van der Waals surface area contributed by atoms with Gasteiger partial charge in [0.15, 0.2) is 5.96 Å². The zero-order chi connectivity index (χ0) is 14.8. The SMILES string of the molecule is COCCNC(N)=NCC(CC(C)C)N1CCOCC1. The summed E-state index contributed by atoms with van der Waals surface area (Å²) < 4.78 is 10.4. The van der Waals surface area contributed by atoms with Crippen LogP contribution in [0, 0.1) is 5.92 Å². The number of aliphatic imine (C=N–C) groups is 1. The van der Waals surface area contributed by atoms with Crippen molar-refractivity contribution in [3.63, 3.8) is 0 Å². The van der Waals surface area contributed by atoms with Crippen molar-refractivity contribution < 1.29 is 9.47 Å². The summed E-state index contributed by atoms with van der Waals surface area (Å²) in [5.41, 5.74) is 5.86. The second-order valence-corrected chi connectivity index (χ2v) is 5.58. The lowest BCUT2D eigenvalue weighted by molar-refractivity contribution is 0.0143. The fourth-order valence-electron chi connectivity index (χ4n) is 2.37. The molecule has 6 nitrogen and oxygen atoms in total. The maximum Gasteiger partial charge on any atom is 0.188 e. The molecule has 0 aromatic rings. The van der Waals surface area contributed by atoms with Gasteiger partial charge in [-0.05, 0) is 12.3 Å². The Balaban J connectivity index is 2.44. The standard InChI is InChI=1S/C14H30N4O2/c1-12(2)10-13(18-5-8-20-9-6-18)11-17-14(15)16-4-7-19-3/h12-13H,4-11H2,1-3H3,(H3,15,16,17). The molecule has 1 aliphatic heterocycles. The Bertz CT molecular complexity index is 278. The van der Waals surface area contributed by atoms with Gasteiger partial charge in [0.25, 0.3) is 0 Å². The number of nitrogens with one attached hydrogen (secondary N) is 1. The normalized spacial score (nSPS) is 19.3. The number of ether oxygens (including phenoxy) is 2. The summed E-state index contributed by atoms with van der Waals surface area (Å²) in [5, 5.41) is 3.05. The first kappa shape index (κ1) is 17.2. The molecule has 1 aliphatic rings. The second-order valence-electron chi connectivity index (χ2n) is 5.58. The Morgan fingerprint density at radius 3 is 2.70 bits per heavy atom. The first-order chi connectivity index (χ1) is 9.63. The highest BCUT2D eigenvalue weighted by Crippen LogP contribution is 2.13. The molecule has 1 fully saturated rings. The van der Waals surface area contributed by atoms with Crippen molar-refractivity contribution in [3.8, 4) is 0 Å². The fraction of sp³-hybridized carbons (Fsp3) is 0.929. The van der Waals surface area contributed by atoms with Crippen molar-refractivity contribution in [2.75, 3.05) is 53.1 Å². The van der Waals surface area contributed by atoms with Crippen molar-refractivity contribution in [2.45, 2.75) is 26.3 Å². The Morgan fingerprint density at radius 1 is 1.40 bits per heavy atom. The largest absolute Gasteiger partial charge is 0.383 e. The highest BCUT2D eigenvalue weighted by atomic mass is 16.5. The van der Waals surface area contributed by atoms with Crippen LogP contribution < -0.4 is 11.1 Å². The van der Waals surface area contributed by atoms with E-state index in [4.69, 9.17) is 15.2 Å². The van der Waals surface area contributed by atoms with Crippen molar-refractivity contribution in [1.82, 2.24) is 10.2 Å². The molecule has 0 saturated carbocycles. The maximum absolute atomic E-state index is 5.86. The Morgan fingerprint density at radius 2 is 2.10 bits per heavy atom. The molecule has 0 bridgehead atoms. The van der Waals surface area contributed by atoms with E-state index in [1.165, 1.54) is 0 Å². The lowest BCUT2D eigenvalue weighted by atomic mass is 10.0. The molecule has 0 radical (unpaired) electrons.